The smallest absolute Gasteiger partial charge is 0.265 e. The van der Waals surface area contributed by atoms with E-state index in [0.717, 1.165) is 0 Å². The fraction of sp³-hybridized carbons (Fsp3) is 0. The number of fused-ring (bicyclic) bond motifs is 1. The van der Waals surface area contributed by atoms with Crippen LogP contribution in [-0.2, 0) is 0 Å². The molecule has 0 aliphatic rings. The van der Waals surface area contributed by atoms with Crippen LogP contribution in [0.25, 0.3) is 10.9 Å². The van der Waals surface area contributed by atoms with Crippen LogP contribution in [0.5, 0.6) is 5.75 Å². The van der Waals surface area contributed by atoms with Crippen LogP contribution >= 0.6 is 15.9 Å². The van der Waals surface area contributed by atoms with Gasteiger partial charge >= 0.3 is 0 Å². The van der Waals surface area contributed by atoms with E-state index in [1.54, 1.807) is 30.3 Å². The number of H-pyrrole nitrogens is 1. The lowest BCUT2D eigenvalue weighted by Gasteiger charge is -2.09. The molecule has 1 amide bonds. The molecule has 7 heteroatoms. The van der Waals surface area contributed by atoms with Gasteiger partial charge in [-0.05, 0) is 30.3 Å². The molecular weight excluding hydrogens is 367 g/mol. The van der Waals surface area contributed by atoms with Gasteiger partial charge < -0.3 is 15.4 Å². The molecule has 2 aromatic carbocycles. The molecule has 0 radical (unpaired) electrons. The highest BCUT2D eigenvalue weighted by molar-refractivity contribution is 9.10. The number of aromatic hydroxyl groups is 1. The van der Waals surface area contributed by atoms with E-state index >= 15 is 0 Å². The Bertz CT molecular complexity index is 985. The van der Waals surface area contributed by atoms with Crippen LogP contribution in [0.2, 0.25) is 0 Å². The van der Waals surface area contributed by atoms with E-state index in [1.165, 1.54) is 12.1 Å². The van der Waals surface area contributed by atoms with Gasteiger partial charge in [0.25, 0.3) is 11.5 Å². The minimum absolute atomic E-state index is 0.0924. The number of anilines is 1. The number of nitrogens with one attached hydrogen (secondary N) is 2. The monoisotopic (exact) mass is 376 g/mol. The van der Waals surface area contributed by atoms with Crippen LogP contribution in [0.1, 0.15) is 10.4 Å². The van der Waals surface area contributed by atoms with Gasteiger partial charge in [0.1, 0.15) is 17.1 Å². The minimum Gasteiger partial charge on any atom is -0.506 e. The summed E-state index contributed by atoms with van der Waals surface area (Å²) in [5.41, 5.74) is -0.909. The van der Waals surface area contributed by atoms with E-state index in [2.05, 4.69) is 26.2 Å². The quantitative estimate of drug-likeness (QED) is 0.640. The molecule has 0 aliphatic carbocycles. The van der Waals surface area contributed by atoms with Crippen molar-refractivity contribution in [3.05, 3.63) is 68.7 Å². The van der Waals surface area contributed by atoms with Crippen molar-refractivity contribution in [1.29, 1.82) is 0 Å². The fourth-order valence-corrected chi connectivity index (χ4v) is 2.55. The number of rotatable bonds is 2. The predicted octanol–water partition coefficient (Wildman–Crippen LogP) is 3.39. The van der Waals surface area contributed by atoms with Crippen molar-refractivity contribution < 1.29 is 14.3 Å². The number of para-hydroxylation sites is 1. The zero-order chi connectivity index (χ0) is 16.6. The third kappa shape index (κ3) is 2.83. The van der Waals surface area contributed by atoms with Gasteiger partial charge in [0, 0.05) is 9.86 Å². The lowest BCUT2D eigenvalue weighted by atomic mass is 10.1. The number of halogens is 2. The molecular formula is C16H10BrFN2O3. The highest BCUT2D eigenvalue weighted by atomic mass is 79.9. The van der Waals surface area contributed by atoms with Gasteiger partial charge in [0.05, 0.1) is 11.2 Å². The standard InChI is InChI=1S/C16H10BrFN2O3/c17-8-5-6-12(10(18)7-8)20-16(23)13-14(21)9-3-1-2-4-11(9)19-15(13)22/h1-7H,(H,20,23)(H2,19,21,22). The highest BCUT2D eigenvalue weighted by Gasteiger charge is 2.20. The zero-order valence-corrected chi connectivity index (χ0v) is 13.1. The maximum absolute atomic E-state index is 13.8. The van der Waals surface area contributed by atoms with Crippen molar-refractivity contribution in [1.82, 2.24) is 4.98 Å². The Labute approximate surface area is 137 Å². The fourth-order valence-electron chi connectivity index (χ4n) is 2.21. The zero-order valence-electron chi connectivity index (χ0n) is 11.6. The van der Waals surface area contributed by atoms with Gasteiger partial charge in [0.2, 0.25) is 0 Å². The molecule has 3 rings (SSSR count). The number of carbonyl (C=O) groups is 1. The number of amides is 1. The number of hydrogen-bond donors (Lipinski definition) is 3. The Morgan fingerprint density at radius 1 is 1.22 bits per heavy atom. The molecule has 0 unspecified atom stereocenters. The van der Waals surface area contributed by atoms with Crippen molar-refractivity contribution in [2.24, 2.45) is 0 Å². The second kappa shape index (κ2) is 5.85. The van der Waals surface area contributed by atoms with Crippen LogP contribution in [0.3, 0.4) is 0 Å². The van der Waals surface area contributed by atoms with Crippen LogP contribution in [-0.4, -0.2) is 16.0 Å². The SMILES string of the molecule is O=C(Nc1ccc(Br)cc1F)c1c(O)c2ccccc2[nH]c1=O. The average Bonchev–Trinajstić information content (AvgIpc) is 2.50. The van der Waals surface area contributed by atoms with Crippen molar-refractivity contribution in [2.75, 3.05) is 5.32 Å². The van der Waals surface area contributed by atoms with Crippen LogP contribution in [0, 0.1) is 5.82 Å². The Hall–Kier alpha value is -2.67. The molecule has 5 nitrogen and oxygen atoms in total. The molecule has 1 heterocycles. The summed E-state index contributed by atoms with van der Waals surface area (Å²) in [6.07, 6.45) is 0. The van der Waals surface area contributed by atoms with Gasteiger partial charge in [-0.15, -0.1) is 0 Å². The molecule has 23 heavy (non-hydrogen) atoms. The summed E-state index contributed by atoms with van der Waals surface area (Å²) in [6, 6.07) is 10.6. The van der Waals surface area contributed by atoms with Crippen molar-refractivity contribution in [3.8, 4) is 5.75 Å². The topological polar surface area (TPSA) is 82.2 Å². The van der Waals surface area contributed by atoms with Crippen LogP contribution < -0.4 is 10.9 Å². The van der Waals surface area contributed by atoms with E-state index in [0.29, 0.717) is 15.4 Å². The first kappa shape index (κ1) is 15.2. The Morgan fingerprint density at radius 3 is 2.70 bits per heavy atom. The summed E-state index contributed by atoms with van der Waals surface area (Å²) in [7, 11) is 0. The number of aromatic amines is 1. The number of hydrogen-bond acceptors (Lipinski definition) is 3. The molecule has 0 saturated heterocycles. The Kier molecular flexibility index (Phi) is 3.87. The van der Waals surface area contributed by atoms with Gasteiger partial charge in [-0.25, -0.2) is 4.39 Å². The molecule has 0 saturated carbocycles. The first-order valence-corrected chi connectivity index (χ1v) is 7.37. The highest BCUT2D eigenvalue weighted by Crippen LogP contribution is 2.26. The average molecular weight is 377 g/mol. The molecule has 0 spiro atoms. The molecule has 3 N–H and O–H groups in total. The summed E-state index contributed by atoms with van der Waals surface area (Å²) in [6.45, 7) is 0. The van der Waals surface area contributed by atoms with Gasteiger partial charge in [0.15, 0.2) is 0 Å². The number of aromatic nitrogens is 1. The summed E-state index contributed by atoms with van der Waals surface area (Å²) in [5, 5.41) is 12.8. The normalized spacial score (nSPS) is 10.7. The predicted molar refractivity (Wildman–Crippen MR) is 88.3 cm³/mol. The second-order valence-electron chi connectivity index (χ2n) is 4.80. The summed E-state index contributed by atoms with van der Waals surface area (Å²) >= 11 is 3.11. The number of carbonyl (C=O) groups excluding carboxylic acids is 1. The molecule has 0 atom stereocenters. The molecule has 116 valence electrons. The third-order valence-electron chi connectivity index (χ3n) is 3.30. The second-order valence-corrected chi connectivity index (χ2v) is 5.72. The molecule has 0 bridgehead atoms. The van der Waals surface area contributed by atoms with Crippen LogP contribution in [0.4, 0.5) is 10.1 Å². The largest absolute Gasteiger partial charge is 0.506 e. The lowest BCUT2D eigenvalue weighted by Crippen LogP contribution is -2.23. The summed E-state index contributed by atoms with van der Waals surface area (Å²) in [4.78, 5) is 26.8. The molecule has 1 aromatic heterocycles. The third-order valence-corrected chi connectivity index (χ3v) is 3.79. The van der Waals surface area contributed by atoms with Crippen molar-refractivity contribution in [3.63, 3.8) is 0 Å². The first-order chi connectivity index (χ1) is 11.0. The van der Waals surface area contributed by atoms with E-state index < -0.39 is 28.6 Å². The maximum Gasteiger partial charge on any atom is 0.265 e. The Morgan fingerprint density at radius 2 is 1.96 bits per heavy atom. The van der Waals surface area contributed by atoms with Gasteiger partial charge in [-0.3, -0.25) is 9.59 Å². The molecule has 3 aromatic rings. The number of pyridine rings is 1. The first-order valence-electron chi connectivity index (χ1n) is 6.58. The van der Waals surface area contributed by atoms with Gasteiger partial charge in [-0.1, -0.05) is 28.1 Å². The lowest BCUT2D eigenvalue weighted by molar-refractivity contribution is 0.102. The van der Waals surface area contributed by atoms with Crippen molar-refractivity contribution in [2.45, 2.75) is 0 Å². The van der Waals surface area contributed by atoms with Crippen molar-refractivity contribution >= 4 is 38.4 Å². The summed E-state index contributed by atoms with van der Waals surface area (Å²) in [5.74, 6) is -2.00. The van der Waals surface area contributed by atoms with Crippen LogP contribution in [0.15, 0.2) is 51.7 Å². The molecule has 0 aliphatic heterocycles. The maximum atomic E-state index is 13.8. The summed E-state index contributed by atoms with van der Waals surface area (Å²) < 4.78 is 14.3. The van der Waals surface area contributed by atoms with E-state index in [9.17, 15) is 19.1 Å². The Balaban J connectivity index is 2.06. The van der Waals surface area contributed by atoms with E-state index in [1.807, 2.05) is 0 Å². The number of benzene rings is 2. The minimum atomic E-state index is -0.893. The van der Waals surface area contributed by atoms with Gasteiger partial charge in [-0.2, -0.15) is 0 Å². The van der Waals surface area contributed by atoms with E-state index in [4.69, 9.17) is 0 Å². The molecule has 0 fully saturated rings. The van der Waals surface area contributed by atoms with E-state index in [-0.39, 0.29) is 5.69 Å².